The zero-order chi connectivity index (χ0) is 16.0. The van der Waals surface area contributed by atoms with Crippen molar-refractivity contribution in [2.24, 2.45) is 0 Å². The minimum atomic E-state index is -3.83. The molecule has 3 heterocycles. The highest BCUT2D eigenvalue weighted by atomic mass is 79.9. The third-order valence-corrected chi connectivity index (χ3v) is 7.37. The van der Waals surface area contributed by atoms with E-state index in [1.54, 1.807) is 0 Å². The first-order valence-electron chi connectivity index (χ1n) is 7.02. The molecule has 0 bridgehead atoms. The summed E-state index contributed by atoms with van der Waals surface area (Å²) >= 11 is 2.71. The van der Waals surface area contributed by atoms with E-state index in [0.717, 1.165) is 32.2 Å². The van der Waals surface area contributed by atoms with Gasteiger partial charge in [-0.05, 0) is 55.2 Å². The Labute approximate surface area is 141 Å². The van der Waals surface area contributed by atoms with Gasteiger partial charge in [-0.15, -0.1) is 13.1 Å². The minimum Gasteiger partial charge on any atom is -0.301 e. The van der Waals surface area contributed by atoms with Crippen molar-refractivity contribution < 1.29 is 12.3 Å². The van der Waals surface area contributed by atoms with Gasteiger partial charge in [0.2, 0.25) is 4.73 Å². The maximum atomic E-state index is 12.9. The Morgan fingerprint density at radius 3 is 2.50 bits per heavy atom. The lowest BCUT2D eigenvalue weighted by atomic mass is 9.86. The molecule has 0 aliphatic carbocycles. The number of hydrogen-bond donors (Lipinski definition) is 0. The average Bonchev–Trinajstić information content (AvgIpc) is 3.04. The Hall–Kier alpha value is -0.230. The summed E-state index contributed by atoms with van der Waals surface area (Å²) < 4.78 is 40.3. The van der Waals surface area contributed by atoms with Crippen LogP contribution in [-0.2, 0) is 10.0 Å². The number of aromatic nitrogens is 3. The number of piperidine rings is 1. The molecule has 7 nitrogen and oxygen atoms in total. The van der Waals surface area contributed by atoms with Crippen molar-refractivity contribution in [3.05, 3.63) is 4.73 Å². The van der Waals surface area contributed by atoms with Crippen LogP contribution in [0.2, 0.25) is 0 Å². The van der Waals surface area contributed by atoms with Crippen LogP contribution < -0.4 is 0 Å². The predicted octanol–water partition coefficient (Wildman–Crippen LogP) is 1.67. The average molecular weight is 414 g/mol. The lowest BCUT2D eigenvalue weighted by molar-refractivity contribution is 0.101. The third kappa shape index (κ3) is 2.70. The maximum absolute atomic E-state index is 12.9. The zero-order valence-corrected chi connectivity index (χ0v) is 15.3. The molecule has 2 aliphatic heterocycles. The van der Waals surface area contributed by atoms with Gasteiger partial charge in [0.25, 0.3) is 15.2 Å². The van der Waals surface area contributed by atoms with E-state index in [4.69, 9.17) is 0 Å². The van der Waals surface area contributed by atoms with Crippen LogP contribution in [0.15, 0.2) is 9.89 Å². The first-order valence-corrected chi connectivity index (χ1v) is 9.93. The molecule has 0 radical (unpaired) electrons. The molecule has 2 saturated heterocycles. The molecule has 0 amide bonds. The summed E-state index contributed by atoms with van der Waals surface area (Å²) in [5, 5.41) is 3.30. The number of rotatable bonds is 3. The van der Waals surface area contributed by atoms with Gasteiger partial charge in [0.05, 0.1) is 0 Å². The van der Waals surface area contributed by atoms with E-state index in [1.165, 1.54) is 4.31 Å². The van der Waals surface area contributed by atoms with Crippen LogP contribution in [-0.4, -0.2) is 64.0 Å². The SMILES string of the molecule is CN1CCCC12CCN(S(=O)(=O)c1nc(Br)nn1SF)CC2. The number of nitrogens with zero attached hydrogens (tertiary/aromatic N) is 5. The van der Waals surface area contributed by atoms with Crippen LogP contribution in [0.1, 0.15) is 25.7 Å². The van der Waals surface area contributed by atoms with E-state index >= 15 is 0 Å². The van der Waals surface area contributed by atoms with Crippen LogP contribution in [0.3, 0.4) is 0 Å². The Morgan fingerprint density at radius 2 is 1.95 bits per heavy atom. The second kappa shape index (κ2) is 6.00. The van der Waals surface area contributed by atoms with Gasteiger partial charge in [0, 0.05) is 18.6 Å². The molecule has 1 aromatic heterocycles. The number of sulfonamides is 1. The van der Waals surface area contributed by atoms with Gasteiger partial charge in [0.1, 0.15) is 0 Å². The molecule has 11 heteroatoms. The van der Waals surface area contributed by atoms with Gasteiger partial charge >= 0.3 is 0 Å². The molecule has 2 fully saturated rings. The van der Waals surface area contributed by atoms with Crippen LogP contribution in [0, 0.1) is 0 Å². The Bertz CT molecular complexity index is 659. The smallest absolute Gasteiger partial charge is 0.279 e. The van der Waals surface area contributed by atoms with Crippen LogP contribution in [0.4, 0.5) is 3.89 Å². The van der Waals surface area contributed by atoms with Gasteiger partial charge in [-0.1, -0.05) is 0 Å². The van der Waals surface area contributed by atoms with Crippen molar-refractivity contribution in [3.63, 3.8) is 0 Å². The van der Waals surface area contributed by atoms with E-state index in [2.05, 4.69) is 38.0 Å². The summed E-state index contributed by atoms with van der Waals surface area (Å²) in [5.74, 6) is 0. The molecular formula is C11H17BrFN5O2S2. The quantitative estimate of drug-likeness (QED) is 0.750. The van der Waals surface area contributed by atoms with Gasteiger partial charge in [0.15, 0.2) is 12.3 Å². The maximum Gasteiger partial charge on any atom is 0.279 e. The van der Waals surface area contributed by atoms with E-state index in [1.807, 2.05) is 0 Å². The summed E-state index contributed by atoms with van der Waals surface area (Å²) in [6.45, 7) is 1.91. The molecule has 0 N–H and O–H groups in total. The fourth-order valence-corrected chi connectivity index (χ4v) is 5.88. The Kier molecular flexibility index (Phi) is 4.54. The molecule has 0 aromatic carbocycles. The van der Waals surface area contributed by atoms with Crippen molar-refractivity contribution in [1.29, 1.82) is 0 Å². The van der Waals surface area contributed by atoms with Crippen molar-refractivity contribution in [2.75, 3.05) is 26.7 Å². The first-order chi connectivity index (χ1) is 10.4. The molecule has 2 aliphatic rings. The standard InChI is InChI=1S/C11H17BrFN5O2S2/c1-16-6-2-3-11(16)4-7-17(8-5-11)22(19,20)10-14-9(12)15-18(10)21-13/h2-8H2,1H3. The van der Waals surface area contributed by atoms with E-state index < -0.39 is 10.0 Å². The molecular weight excluding hydrogens is 397 g/mol. The summed E-state index contributed by atoms with van der Waals surface area (Å²) in [5.41, 5.74) is 0.120. The van der Waals surface area contributed by atoms with E-state index in [0.29, 0.717) is 17.2 Å². The lowest BCUT2D eigenvalue weighted by Gasteiger charge is -2.42. The zero-order valence-electron chi connectivity index (χ0n) is 12.1. The summed E-state index contributed by atoms with van der Waals surface area (Å²) in [4.78, 5) is 6.14. The Morgan fingerprint density at radius 1 is 1.27 bits per heavy atom. The fraction of sp³-hybridized carbons (Fsp3) is 0.818. The van der Waals surface area contributed by atoms with Crippen LogP contribution in [0.5, 0.6) is 0 Å². The van der Waals surface area contributed by atoms with E-state index in [-0.39, 0.29) is 27.8 Å². The van der Waals surface area contributed by atoms with Crippen LogP contribution >= 0.6 is 28.3 Å². The fourth-order valence-electron chi connectivity index (χ4n) is 3.43. The molecule has 0 unspecified atom stereocenters. The summed E-state index contributed by atoms with van der Waals surface area (Å²) in [7, 11) is -1.73. The molecule has 124 valence electrons. The highest BCUT2D eigenvalue weighted by Crippen LogP contribution is 2.38. The second-order valence-electron chi connectivity index (χ2n) is 5.76. The van der Waals surface area contributed by atoms with E-state index in [9.17, 15) is 12.3 Å². The third-order valence-electron chi connectivity index (χ3n) is 4.76. The number of likely N-dealkylation sites (tertiary alicyclic amines) is 1. The molecule has 0 saturated carbocycles. The monoisotopic (exact) mass is 413 g/mol. The summed E-state index contributed by atoms with van der Waals surface area (Å²) in [6.07, 6.45) is 3.85. The Balaban J connectivity index is 1.80. The number of hydrogen-bond acceptors (Lipinski definition) is 6. The van der Waals surface area contributed by atoms with Crippen molar-refractivity contribution in [1.82, 2.24) is 23.4 Å². The molecule has 0 atom stereocenters. The lowest BCUT2D eigenvalue weighted by Crippen LogP contribution is -2.52. The van der Waals surface area contributed by atoms with Gasteiger partial charge < -0.3 is 4.90 Å². The minimum absolute atomic E-state index is 0.0558. The van der Waals surface area contributed by atoms with Crippen molar-refractivity contribution in [3.8, 4) is 0 Å². The first kappa shape index (κ1) is 16.6. The molecule has 1 aromatic rings. The molecule has 1 spiro atoms. The number of halogens is 2. The van der Waals surface area contributed by atoms with Gasteiger partial charge in [-0.25, -0.2) is 8.42 Å². The van der Waals surface area contributed by atoms with Crippen LogP contribution in [0.25, 0.3) is 0 Å². The highest BCUT2D eigenvalue weighted by Gasteiger charge is 2.44. The predicted molar refractivity (Wildman–Crippen MR) is 84.4 cm³/mol. The van der Waals surface area contributed by atoms with Crippen molar-refractivity contribution in [2.45, 2.75) is 36.4 Å². The van der Waals surface area contributed by atoms with Gasteiger partial charge in [-0.2, -0.15) is 9.29 Å². The van der Waals surface area contributed by atoms with Gasteiger partial charge in [-0.3, -0.25) is 0 Å². The normalized spacial score (nSPS) is 23.4. The van der Waals surface area contributed by atoms with Crippen molar-refractivity contribution >= 4 is 38.3 Å². The second-order valence-corrected chi connectivity index (χ2v) is 8.78. The highest BCUT2D eigenvalue weighted by molar-refractivity contribution is 9.10. The molecule has 22 heavy (non-hydrogen) atoms. The molecule has 3 rings (SSSR count). The topological polar surface area (TPSA) is 71.3 Å². The summed E-state index contributed by atoms with van der Waals surface area (Å²) in [6, 6.07) is 0. The largest absolute Gasteiger partial charge is 0.301 e.